The molecule has 2 radical (unpaired) electrons. The Morgan fingerprint density at radius 2 is 1.93 bits per heavy atom. The van der Waals surface area contributed by atoms with Crippen molar-refractivity contribution in [1.29, 1.82) is 0 Å². The summed E-state index contributed by atoms with van der Waals surface area (Å²) in [5.41, 5.74) is 0.240. The molecule has 0 aromatic heterocycles. The molecule has 0 aliphatic carbocycles. The number of carbonyl (C=O) groups excluding carboxylic acids is 1. The molecule has 0 bridgehead atoms. The Bertz CT molecular complexity index is 213. The molecule has 0 amide bonds. The molecule has 4 nitrogen and oxygen atoms in total. The summed E-state index contributed by atoms with van der Waals surface area (Å²) in [7, 11) is 3.40. The fraction of sp³-hybridized carbons (Fsp3) is 0.700. The molecule has 0 aliphatic rings. The molecule has 0 aromatic rings. The maximum Gasteiger partial charge on any atom is 0.333 e. The molecular weight excluding hydrogens is 212 g/mol. The van der Waals surface area contributed by atoms with Gasteiger partial charge >= 0.3 is 5.97 Å². The van der Waals surface area contributed by atoms with Gasteiger partial charge in [0, 0.05) is 19.8 Å². The second kappa shape index (κ2) is 7.61. The van der Waals surface area contributed by atoms with Crippen molar-refractivity contribution in [2.24, 2.45) is 0 Å². The van der Waals surface area contributed by atoms with Gasteiger partial charge in [-0.1, -0.05) is 13.5 Å². The zero-order valence-electron chi connectivity index (χ0n) is 9.70. The van der Waals surface area contributed by atoms with Gasteiger partial charge < -0.3 is 14.2 Å². The molecule has 1 unspecified atom stereocenters. The van der Waals surface area contributed by atoms with E-state index in [-0.39, 0.29) is 27.1 Å². The van der Waals surface area contributed by atoms with Gasteiger partial charge in [-0.05, 0) is 13.3 Å². The zero-order valence-corrected chi connectivity index (χ0v) is 10.7. The van der Waals surface area contributed by atoms with Crippen LogP contribution in [0.2, 0.25) is 0 Å². The van der Waals surface area contributed by atoms with Crippen LogP contribution in [0.4, 0.5) is 0 Å². The highest BCUT2D eigenvalue weighted by atomic mass is 28.2. The van der Waals surface area contributed by atoms with Crippen molar-refractivity contribution in [3.05, 3.63) is 12.2 Å². The van der Waals surface area contributed by atoms with Gasteiger partial charge in [-0.15, -0.1) is 0 Å². The van der Waals surface area contributed by atoms with Crippen LogP contribution in [0.1, 0.15) is 20.3 Å². The molecule has 0 heterocycles. The molecule has 0 spiro atoms. The molecule has 15 heavy (non-hydrogen) atoms. The molecule has 0 saturated carbocycles. The third kappa shape index (κ3) is 5.71. The molecule has 0 rings (SSSR count). The van der Waals surface area contributed by atoms with E-state index >= 15 is 0 Å². The molecule has 0 fully saturated rings. The quantitative estimate of drug-likeness (QED) is 0.284. The Kier molecular flexibility index (Phi) is 7.28. The van der Waals surface area contributed by atoms with Crippen LogP contribution in [0.25, 0.3) is 0 Å². The third-order valence-corrected chi connectivity index (χ3v) is 3.36. The van der Waals surface area contributed by atoms with E-state index in [0.717, 1.165) is 6.42 Å². The second-order valence-corrected chi connectivity index (χ2v) is 4.50. The van der Waals surface area contributed by atoms with E-state index in [1.54, 1.807) is 21.1 Å². The van der Waals surface area contributed by atoms with Crippen molar-refractivity contribution in [1.82, 2.24) is 0 Å². The molecular formula is C10H18O4Si. The van der Waals surface area contributed by atoms with Crippen LogP contribution >= 0.6 is 0 Å². The topological polar surface area (TPSA) is 44.8 Å². The van der Waals surface area contributed by atoms with E-state index in [1.807, 2.05) is 6.92 Å². The minimum atomic E-state index is -0.361. The van der Waals surface area contributed by atoms with Crippen molar-refractivity contribution in [2.45, 2.75) is 31.9 Å². The van der Waals surface area contributed by atoms with Gasteiger partial charge in [-0.2, -0.15) is 0 Å². The van der Waals surface area contributed by atoms with Crippen molar-refractivity contribution in [3.63, 3.8) is 0 Å². The molecule has 1 atom stereocenters. The zero-order chi connectivity index (χ0) is 11.8. The second-order valence-electron chi connectivity index (χ2n) is 3.05. The van der Waals surface area contributed by atoms with Crippen LogP contribution in [0.5, 0.6) is 0 Å². The molecule has 0 N–H and O–H groups in total. The summed E-state index contributed by atoms with van der Waals surface area (Å²) in [6.07, 6.45) is 0.737. The van der Waals surface area contributed by atoms with Crippen LogP contribution in [-0.4, -0.2) is 41.3 Å². The van der Waals surface area contributed by atoms with E-state index in [0.29, 0.717) is 5.57 Å². The van der Waals surface area contributed by atoms with Crippen LogP contribution in [0, 0.1) is 0 Å². The number of hydrogen-bond donors (Lipinski definition) is 0. The van der Waals surface area contributed by atoms with Crippen LogP contribution in [0.15, 0.2) is 12.2 Å². The number of rotatable bonds is 7. The van der Waals surface area contributed by atoms with E-state index in [2.05, 4.69) is 6.58 Å². The lowest BCUT2D eigenvalue weighted by Gasteiger charge is -2.19. The fourth-order valence-corrected chi connectivity index (χ4v) is 1.84. The van der Waals surface area contributed by atoms with Gasteiger partial charge in [0.2, 0.25) is 0 Å². The smallest absolute Gasteiger partial charge is 0.333 e. The van der Waals surface area contributed by atoms with Gasteiger partial charge in [-0.25, -0.2) is 4.79 Å². The Morgan fingerprint density at radius 3 is 2.27 bits per heavy atom. The van der Waals surface area contributed by atoms with E-state index in [9.17, 15) is 4.79 Å². The van der Waals surface area contributed by atoms with E-state index in [4.69, 9.17) is 14.2 Å². The third-order valence-electron chi connectivity index (χ3n) is 1.72. The van der Waals surface area contributed by atoms with Gasteiger partial charge in [-0.3, -0.25) is 0 Å². The summed E-state index contributed by atoms with van der Waals surface area (Å²) in [4.78, 5) is 11.3. The largest absolute Gasteiger partial charge is 0.463 e. The Labute approximate surface area is 93.4 Å². The number of esters is 1. The van der Waals surface area contributed by atoms with E-state index in [1.165, 1.54) is 0 Å². The normalized spacial score (nSPS) is 12.6. The number of ether oxygens (including phenoxy) is 3. The van der Waals surface area contributed by atoms with E-state index < -0.39 is 0 Å². The number of hydrogen-bond acceptors (Lipinski definition) is 4. The Balaban J connectivity index is 4.13. The number of carbonyl (C=O) groups is 1. The lowest BCUT2D eigenvalue weighted by atomic mass is 10.4. The summed E-state index contributed by atoms with van der Waals surface area (Å²) < 4.78 is 15.3. The van der Waals surface area contributed by atoms with Crippen LogP contribution in [0.3, 0.4) is 0 Å². The Hall–Kier alpha value is -0.653. The monoisotopic (exact) mass is 230 g/mol. The minimum absolute atomic E-state index is 0.168. The maximum absolute atomic E-state index is 11.3. The molecule has 0 aromatic carbocycles. The van der Waals surface area contributed by atoms with Gasteiger partial charge in [0.25, 0.3) is 0 Å². The summed E-state index contributed by atoms with van der Waals surface area (Å²) in [5, 5.41) is 0. The van der Waals surface area contributed by atoms with Crippen LogP contribution in [-0.2, 0) is 19.0 Å². The SMILES string of the molecule is C=C(C)C(=O)OC(CC)[Si]C(OC)OC. The fourth-order valence-electron chi connectivity index (χ4n) is 0.849. The molecule has 5 heteroatoms. The first-order valence-corrected chi connectivity index (χ1v) is 5.88. The summed E-state index contributed by atoms with van der Waals surface area (Å²) in [5.74, 6) is -0.673. The average Bonchev–Trinajstić information content (AvgIpc) is 2.23. The van der Waals surface area contributed by atoms with Crippen molar-refractivity contribution in [3.8, 4) is 0 Å². The highest BCUT2D eigenvalue weighted by molar-refractivity contribution is 6.38. The highest BCUT2D eigenvalue weighted by Gasteiger charge is 2.19. The lowest BCUT2D eigenvalue weighted by molar-refractivity contribution is -0.141. The molecule has 0 aliphatic heterocycles. The minimum Gasteiger partial charge on any atom is -0.463 e. The first-order valence-electron chi connectivity index (χ1n) is 4.73. The molecule has 86 valence electrons. The predicted molar refractivity (Wildman–Crippen MR) is 58.5 cm³/mol. The standard InChI is InChI=1S/C10H18O4Si/c1-6-8(14-9(11)7(2)3)15-10(12-4)13-5/h8,10H,2,6H2,1,3-5H3. The van der Waals surface area contributed by atoms with Crippen molar-refractivity contribution >= 4 is 15.5 Å². The van der Waals surface area contributed by atoms with Crippen LogP contribution < -0.4 is 0 Å². The number of methoxy groups -OCH3 is 2. The highest BCUT2D eigenvalue weighted by Crippen LogP contribution is 2.04. The summed E-state index contributed by atoms with van der Waals surface area (Å²) >= 11 is 0. The van der Waals surface area contributed by atoms with Crippen molar-refractivity contribution in [2.75, 3.05) is 14.2 Å². The van der Waals surface area contributed by atoms with Gasteiger partial charge in [0.05, 0.1) is 5.73 Å². The Morgan fingerprint density at radius 1 is 1.40 bits per heavy atom. The predicted octanol–water partition coefficient (Wildman–Crippen LogP) is 1.12. The van der Waals surface area contributed by atoms with Crippen molar-refractivity contribution < 1.29 is 19.0 Å². The first kappa shape index (κ1) is 14.3. The summed E-state index contributed by atoms with van der Waals surface area (Å²) in [6, 6.07) is 0. The maximum atomic E-state index is 11.3. The average molecular weight is 230 g/mol. The van der Waals surface area contributed by atoms with Gasteiger partial charge in [0.1, 0.15) is 5.91 Å². The summed E-state index contributed by atoms with van der Waals surface area (Å²) in [6.45, 7) is 7.11. The van der Waals surface area contributed by atoms with Gasteiger partial charge in [0.15, 0.2) is 9.52 Å². The first-order chi connectivity index (χ1) is 7.04. The lowest BCUT2D eigenvalue weighted by Crippen LogP contribution is -2.34. The molecule has 0 saturated heterocycles.